The summed E-state index contributed by atoms with van der Waals surface area (Å²) in [6.45, 7) is 10.4. The molecule has 122 valence electrons. The number of rotatable bonds is 4. The van der Waals surface area contributed by atoms with Crippen molar-refractivity contribution in [3.63, 3.8) is 0 Å². The third-order valence-corrected chi connectivity index (χ3v) is 3.24. The van der Waals surface area contributed by atoms with Crippen molar-refractivity contribution in [3.05, 3.63) is 47.9 Å². The van der Waals surface area contributed by atoms with Crippen molar-refractivity contribution >= 4 is 17.4 Å². The largest absolute Gasteiger partial charge is 0.365 e. The molecular weight excluding hydrogens is 288 g/mol. The lowest BCUT2D eigenvalue weighted by Crippen LogP contribution is -2.27. The van der Waals surface area contributed by atoms with Crippen LogP contribution in [0.4, 0.5) is 11.5 Å². The fourth-order valence-corrected chi connectivity index (χ4v) is 2.08. The van der Waals surface area contributed by atoms with Gasteiger partial charge in [0.25, 0.3) is 5.91 Å². The van der Waals surface area contributed by atoms with Gasteiger partial charge >= 0.3 is 0 Å². The molecule has 0 aliphatic carbocycles. The SMILES string of the molecule is CC(C)c1ccc(NC(=O)c2cc(NC(C)(C)C)ncn2)cc1. The quantitative estimate of drug-likeness (QED) is 0.893. The summed E-state index contributed by atoms with van der Waals surface area (Å²) in [6.07, 6.45) is 1.39. The Balaban J connectivity index is 2.10. The summed E-state index contributed by atoms with van der Waals surface area (Å²) in [5.74, 6) is 0.849. The fraction of sp³-hybridized carbons (Fsp3) is 0.389. The topological polar surface area (TPSA) is 66.9 Å². The van der Waals surface area contributed by atoms with E-state index >= 15 is 0 Å². The van der Waals surface area contributed by atoms with Crippen LogP contribution in [0.1, 0.15) is 56.6 Å². The van der Waals surface area contributed by atoms with Gasteiger partial charge in [-0.3, -0.25) is 4.79 Å². The molecule has 5 heteroatoms. The molecule has 2 aromatic rings. The van der Waals surface area contributed by atoms with E-state index in [0.29, 0.717) is 17.4 Å². The third-order valence-electron chi connectivity index (χ3n) is 3.24. The van der Waals surface area contributed by atoms with Crippen molar-refractivity contribution < 1.29 is 4.79 Å². The van der Waals surface area contributed by atoms with Crippen molar-refractivity contribution in [1.29, 1.82) is 0 Å². The molecule has 0 aliphatic rings. The minimum absolute atomic E-state index is 0.130. The average molecular weight is 312 g/mol. The van der Waals surface area contributed by atoms with Crippen LogP contribution in [-0.4, -0.2) is 21.4 Å². The van der Waals surface area contributed by atoms with Crippen LogP contribution in [0.5, 0.6) is 0 Å². The van der Waals surface area contributed by atoms with E-state index in [2.05, 4.69) is 34.4 Å². The number of amides is 1. The summed E-state index contributed by atoms with van der Waals surface area (Å²) in [4.78, 5) is 20.5. The predicted octanol–water partition coefficient (Wildman–Crippen LogP) is 4.06. The van der Waals surface area contributed by atoms with Gasteiger partial charge in [0.1, 0.15) is 17.8 Å². The van der Waals surface area contributed by atoms with Crippen LogP contribution in [0.3, 0.4) is 0 Å². The molecule has 0 saturated heterocycles. The summed E-state index contributed by atoms with van der Waals surface area (Å²) in [7, 11) is 0. The minimum atomic E-state index is -0.248. The second-order valence-corrected chi connectivity index (χ2v) is 6.89. The average Bonchev–Trinajstić information content (AvgIpc) is 2.46. The minimum Gasteiger partial charge on any atom is -0.365 e. The highest BCUT2D eigenvalue weighted by atomic mass is 16.1. The first-order valence-corrected chi connectivity index (χ1v) is 7.76. The first kappa shape index (κ1) is 16.9. The summed E-state index contributed by atoms with van der Waals surface area (Å²) in [6, 6.07) is 9.51. The monoisotopic (exact) mass is 312 g/mol. The van der Waals surface area contributed by atoms with E-state index in [-0.39, 0.29) is 11.4 Å². The van der Waals surface area contributed by atoms with Gasteiger partial charge in [0, 0.05) is 17.3 Å². The van der Waals surface area contributed by atoms with Gasteiger partial charge in [0.15, 0.2) is 0 Å². The molecule has 23 heavy (non-hydrogen) atoms. The van der Waals surface area contributed by atoms with E-state index in [0.717, 1.165) is 5.69 Å². The second-order valence-electron chi connectivity index (χ2n) is 6.89. The van der Waals surface area contributed by atoms with E-state index in [9.17, 15) is 4.79 Å². The maximum absolute atomic E-state index is 12.3. The number of aromatic nitrogens is 2. The molecule has 0 atom stereocenters. The Bertz CT molecular complexity index is 672. The standard InChI is InChI=1S/C18H24N4O/c1-12(2)13-6-8-14(9-7-13)21-17(23)15-10-16(20-11-19-15)22-18(3,4)5/h6-12H,1-5H3,(H,21,23)(H,19,20,22). The maximum atomic E-state index is 12.3. The number of carbonyl (C=O) groups excluding carboxylic acids is 1. The number of nitrogens with one attached hydrogen (secondary N) is 2. The molecule has 2 N–H and O–H groups in total. The van der Waals surface area contributed by atoms with E-state index in [4.69, 9.17) is 0 Å². The lowest BCUT2D eigenvalue weighted by atomic mass is 10.0. The molecule has 0 fully saturated rings. The molecule has 2 rings (SSSR count). The predicted molar refractivity (Wildman–Crippen MR) is 93.9 cm³/mol. The lowest BCUT2D eigenvalue weighted by molar-refractivity contribution is 0.102. The van der Waals surface area contributed by atoms with Gasteiger partial charge in [-0.05, 0) is 44.4 Å². The molecule has 0 radical (unpaired) electrons. The van der Waals surface area contributed by atoms with Gasteiger partial charge in [0.2, 0.25) is 0 Å². The van der Waals surface area contributed by atoms with Crippen LogP contribution in [0, 0.1) is 0 Å². The summed E-state index contributed by atoms with van der Waals surface area (Å²) in [5.41, 5.74) is 2.19. The van der Waals surface area contributed by atoms with Gasteiger partial charge in [-0.25, -0.2) is 9.97 Å². The van der Waals surface area contributed by atoms with Crippen molar-refractivity contribution in [2.24, 2.45) is 0 Å². The van der Waals surface area contributed by atoms with E-state index in [1.807, 2.05) is 45.0 Å². The maximum Gasteiger partial charge on any atom is 0.274 e. The summed E-state index contributed by atoms with van der Waals surface area (Å²) in [5, 5.41) is 6.09. The van der Waals surface area contributed by atoms with Crippen LogP contribution in [0.15, 0.2) is 36.7 Å². The Morgan fingerprint density at radius 3 is 2.30 bits per heavy atom. The molecule has 1 amide bonds. The molecule has 0 bridgehead atoms. The van der Waals surface area contributed by atoms with Crippen LogP contribution in [0.2, 0.25) is 0 Å². The van der Waals surface area contributed by atoms with Crippen molar-refractivity contribution in [2.45, 2.75) is 46.1 Å². The molecule has 0 unspecified atom stereocenters. The van der Waals surface area contributed by atoms with Gasteiger partial charge in [0.05, 0.1) is 0 Å². The molecule has 5 nitrogen and oxygen atoms in total. The zero-order valence-electron chi connectivity index (χ0n) is 14.3. The molecule has 0 spiro atoms. The number of hydrogen-bond donors (Lipinski definition) is 2. The van der Waals surface area contributed by atoms with Crippen LogP contribution >= 0.6 is 0 Å². The van der Waals surface area contributed by atoms with Gasteiger partial charge < -0.3 is 10.6 Å². The normalized spacial score (nSPS) is 11.4. The van der Waals surface area contributed by atoms with Crippen molar-refractivity contribution in [3.8, 4) is 0 Å². The Morgan fingerprint density at radius 1 is 1.09 bits per heavy atom. The highest BCUT2D eigenvalue weighted by Gasteiger charge is 2.13. The first-order chi connectivity index (χ1) is 10.7. The molecular formula is C18H24N4O. The molecule has 1 aromatic carbocycles. The van der Waals surface area contributed by atoms with Gasteiger partial charge in [-0.2, -0.15) is 0 Å². The van der Waals surface area contributed by atoms with Gasteiger partial charge in [-0.1, -0.05) is 26.0 Å². The number of anilines is 2. The Kier molecular flexibility index (Phi) is 4.98. The van der Waals surface area contributed by atoms with Crippen LogP contribution in [-0.2, 0) is 0 Å². The third kappa shape index (κ3) is 5.06. The van der Waals surface area contributed by atoms with Gasteiger partial charge in [-0.15, -0.1) is 0 Å². The first-order valence-electron chi connectivity index (χ1n) is 7.76. The van der Waals surface area contributed by atoms with Crippen LogP contribution < -0.4 is 10.6 Å². The Hall–Kier alpha value is -2.43. The van der Waals surface area contributed by atoms with Crippen molar-refractivity contribution in [2.75, 3.05) is 10.6 Å². The van der Waals surface area contributed by atoms with E-state index in [1.54, 1.807) is 6.07 Å². The second kappa shape index (κ2) is 6.77. The zero-order valence-corrected chi connectivity index (χ0v) is 14.3. The van der Waals surface area contributed by atoms with Crippen LogP contribution in [0.25, 0.3) is 0 Å². The Morgan fingerprint density at radius 2 is 1.74 bits per heavy atom. The highest BCUT2D eigenvalue weighted by Crippen LogP contribution is 2.18. The van der Waals surface area contributed by atoms with E-state index in [1.165, 1.54) is 11.9 Å². The number of nitrogens with zero attached hydrogens (tertiary/aromatic N) is 2. The fourth-order valence-electron chi connectivity index (χ4n) is 2.08. The smallest absolute Gasteiger partial charge is 0.274 e. The van der Waals surface area contributed by atoms with E-state index < -0.39 is 0 Å². The lowest BCUT2D eigenvalue weighted by Gasteiger charge is -2.21. The molecule has 1 heterocycles. The molecule has 0 aliphatic heterocycles. The number of carbonyl (C=O) groups is 1. The summed E-state index contributed by atoms with van der Waals surface area (Å²) >= 11 is 0. The Labute approximate surface area is 137 Å². The zero-order chi connectivity index (χ0) is 17.0. The number of hydrogen-bond acceptors (Lipinski definition) is 4. The van der Waals surface area contributed by atoms with Crippen molar-refractivity contribution in [1.82, 2.24) is 9.97 Å². The number of benzene rings is 1. The summed E-state index contributed by atoms with van der Waals surface area (Å²) < 4.78 is 0. The molecule has 1 aromatic heterocycles. The molecule has 0 saturated carbocycles. The highest BCUT2D eigenvalue weighted by molar-refractivity contribution is 6.03.